The number of benzene rings is 1. The lowest BCUT2D eigenvalue weighted by molar-refractivity contribution is 0.139. The predicted octanol–water partition coefficient (Wildman–Crippen LogP) is 2.22. The largest absolute Gasteiger partial charge is 0.298 e. The first-order valence-electron chi connectivity index (χ1n) is 8.01. The molecule has 3 rings (SSSR count). The number of piperazine rings is 1. The topological polar surface area (TPSA) is 40.6 Å². The fraction of sp³-hybridized carbons (Fsp3) is 0.625. The quantitative estimate of drug-likeness (QED) is 0.852. The van der Waals surface area contributed by atoms with Crippen molar-refractivity contribution in [1.82, 2.24) is 9.21 Å². The Morgan fingerprint density at radius 1 is 1.00 bits per heavy atom. The van der Waals surface area contributed by atoms with Gasteiger partial charge in [0.15, 0.2) is 0 Å². The monoisotopic (exact) mass is 326 g/mol. The fourth-order valence-corrected chi connectivity index (χ4v) is 5.01. The molecule has 1 heterocycles. The SMILES string of the molecule is O=S(=O)(Cc1ccc(F)cc1)N1CCN(C2CCCC2)CC1. The van der Waals surface area contributed by atoms with Crippen LogP contribution in [0.3, 0.4) is 0 Å². The van der Waals surface area contributed by atoms with Gasteiger partial charge in [-0.05, 0) is 30.5 Å². The summed E-state index contributed by atoms with van der Waals surface area (Å²) in [5.74, 6) is -0.386. The lowest BCUT2D eigenvalue weighted by atomic mass is 10.2. The molecule has 22 heavy (non-hydrogen) atoms. The lowest BCUT2D eigenvalue weighted by Crippen LogP contribution is -2.51. The first kappa shape index (κ1) is 15.9. The van der Waals surface area contributed by atoms with Crippen LogP contribution in [0.2, 0.25) is 0 Å². The van der Waals surface area contributed by atoms with E-state index in [2.05, 4.69) is 4.90 Å². The summed E-state index contributed by atoms with van der Waals surface area (Å²) in [6, 6.07) is 6.36. The van der Waals surface area contributed by atoms with Crippen molar-refractivity contribution in [2.24, 2.45) is 0 Å². The Balaban J connectivity index is 1.58. The number of sulfonamides is 1. The highest BCUT2D eigenvalue weighted by molar-refractivity contribution is 7.88. The second-order valence-corrected chi connectivity index (χ2v) is 8.22. The maximum atomic E-state index is 12.9. The van der Waals surface area contributed by atoms with Crippen molar-refractivity contribution in [3.8, 4) is 0 Å². The minimum Gasteiger partial charge on any atom is -0.298 e. The van der Waals surface area contributed by atoms with Crippen LogP contribution in [0.5, 0.6) is 0 Å². The zero-order valence-electron chi connectivity index (χ0n) is 12.7. The summed E-state index contributed by atoms with van der Waals surface area (Å²) < 4.78 is 39.4. The van der Waals surface area contributed by atoms with Gasteiger partial charge in [-0.2, -0.15) is 4.31 Å². The summed E-state index contributed by atoms with van der Waals surface area (Å²) in [6.45, 7) is 2.79. The van der Waals surface area contributed by atoms with Gasteiger partial charge in [0.1, 0.15) is 5.82 Å². The van der Waals surface area contributed by atoms with Crippen molar-refractivity contribution in [2.45, 2.75) is 37.5 Å². The zero-order chi connectivity index (χ0) is 15.6. The van der Waals surface area contributed by atoms with Crippen LogP contribution >= 0.6 is 0 Å². The summed E-state index contributed by atoms with van der Waals surface area (Å²) in [6.07, 6.45) is 5.10. The van der Waals surface area contributed by atoms with E-state index < -0.39 is 10.0 Å². The van der Waals surface area contributed by atoms with Gasteiger partial charge in [-0.25, -0.2) is 12.8 Å². The molecule has 1 aromatic rings. The third kappa shape index (κ3) is 3.67. The van der Waals surface area contributed by atoms with Crippen molar-refractivity contribution < 1.29 is 12.8 Å². The molecular formula is C16H23FN2O2S. The van der Waals surface area contributed by atoms with E-state index >= 15 is 0 Å². The van der Waals surface area contributed by atoms with Gasteiger partial charge in [0, 0.05) is 32.2 Å². The van der Waals surface area contributed by atoms with Crippen LogP contribution in [0.1, 0.15) is 31.2 Å². The number of hydrogen-bond acceptors (Lipinski definition) is 3. The molecule has 1 aliphatic heterocycles. The van der Waals surface area contributed by atoms with Crippen LogP contribution in [0, 0.1) is 5.82 Å². The van der Waals surface area contributed by atoms with Gasteiger partial charge in [0.05, 0.1) is 5.75 Å². The maximum Gasteiger partial charge on any atom is 0.218 e. The Kier molecular flexibility index (Phi) is 4.80. The molecule has 1 saturated carbocycles. The molecule has 6 heteroatoms. The van der Waals surface area contributed by atoms with E-state index in [0.29, 0.717) is 24.7 Å². The van der Waals surface area contributed by atoms with E-state index in [1.165, 1.54) is 37.8 Å². The molecule has 0 atom stereocenters. The van der Waals surface area contributed by atoms with Crippen LogP contribution in [0.15, 0.2) is 24.3 Å². The molecule has 0 bridgehead atoms. The molecule has 0 N–H and O–H groups in total. The first-order chi connectivity index (χ1) is 10.5. The third-order valence-electron chi connectivity index (χ3n) is 4.77. The van der Waals surface area contributed by atoms with Crippen LogP contribution in [0.25, 0.3) is 0 Å². The Labute approximate surface area is 132 Å². The maximum absolute atomic E-state index is 12.9. The van der Waals surface area contributed by atoms with E-state index in [9.17, 15) is 12.8 Å². The molecule has 2 fully saturated rings. The highest BCUT2D eigenvalue weighted by Crippen LogP contribution is 2.25. The molecule has 1 aromatic carbocycles. The van der Waals surface area contributed by atoms with Gasteiger partial charge < -0.3 is 0 Å². The standard InChI is InChI=1S/C16H23FN2O2S/c17-15-7-5-14(6-8-15)13-22(20,21)19-11-9-18(10-12-19)16-3-1-2-4-16/h5-8,16H,1-4,9-13H2. The highest BCUT2D eigenvalue weighted by Gasteiger charge is 2.30. The molecule has 0 amide bonds. The summed E-state index contributed by atoms with van der Waals surface area (Å²) in [7, 11) is -3.31. The third-order valence-corrected chi connectivity index (χ3v) is 6.62. The minimum absolute atomic E-state index is 0.0449. The van der Waals surface area contributed by atoms with Crippen molar-refractivity contribution in [1.29, 1.82) is 0 Å². The van der Waals surface area contributed by atoms with Gasteiger partial charge in [0.25, 0.3) is 0 Å². The molecule has 0 unspecified atom stereocenters. The average Bonchev–Trinajstić information content (AvgIpc) is 3.04. The highest BCUT2D eigenvalue weighted by atomic mass is 32.2. The summed E-state index contributed by atoms with van der Waals surface area (Å²) >= 11 is 0. The lowest BCUT2D eigenvalue weighted by Gasteiger charge is -2.37. The number of hydrogen-bond donors (Lipinski definition) is 0. The molecule has 0 radical (unpaired) electrons. The smallest absolute Gasteiger partial charge is 0.218 e. The Bertz CT molecular complexity index is 589. The molecule has 0 aromatic heterocycles. The van der Waals surface area contributed by atoms with E-state index in [1.807, 2.05) is 0 Å². The van der Waals surface area contributed by atoms with Gasteiger partial charge in [0.2, 0.25) is 10.0 Å². The number of halogens is 1. The van der Waals surface area contributed by atoms with Gasteiger partial charge in [-0.15, -0.1) is 0 Å². The first-order valence-corrected chi connectivity index (χ1v) is 9.62. The Morgan fingerprint density at radius 2 is 1.59 bits per heavy atom. The molecule has 4 nitrogen and oxygen atoms in total. The van der Waals surface area contributed by atoms with E-state index in [4.69, 9.17) is 0 Å². The van der Waals surface area contributed by atoms with Crippen molar-refractivity contribution in [3.63, 3.8) is 0 Å². The van der Waals surface area contributed by atoms with E-state index in [1.54, 1.807) is 16.4 Å². The second kappa shape index (κ2) is 6.64. The van der Waals surface area contributed by atoms with Gasteiger partial charge >= 0.3 is 0 Å². The van der Waals surface area contributed by atoms with Gasteiger partial charge in [-0.3, -0.25) is 4.90 Å². The second-order valence-electron chi connectivity index (χ2n) is 6.26. The normalized spacial score (nSPS) is 22.2. The average molecular weight is 326 g/mol. The molecule has 1 aliphatic carbocycles. The van der Waals surface area contributed by atoms with Crippen molar-refractivity contribution in [3.05, 3.63) is 35.6 Å². The molecule has 1 saturated heterocycles. The molecule has 2 aliphatic rings. The summed E-state index contributed by atoms with van der Waals surface area (Å²) in [4.78, 5) is 2.44. The van der Waals surface area contributed by atoms with Crippen LogP contribution in [-0.2, 0) is 15.8 Å². The molecule has 0 spiro atoms. The Hall–Kier alpha value is -0.980. The Morgan fingerprint density at radius 3 is 2.18 bits per heavy atom. The predicted molar refractivity (Wildman–Crippen MR) is 84.4 cm³/mol. The van der Waals surface area contributed by atoms with E-state index in [-0.39, 0.29) is 11.6 Å². The van der Waals surface area contributed by atoms with Crippen molar-refractivity contribution >= 4 is 10.0 Å². The van der Waals surface area contributed by atoms with Gasteiger partial charge in [-0.1, -0.05) is 25.0 Å². The number of nitrogens with zero attached hydrogens (tertiary/aromatic N) is 2. The number of rotatable bonds is 4. The van der Waals surface area contributed by atoms with Crippen LogP contribution < -0.4 is 0 Å². The van der Waals surface area contributed by atoms with Crippen LogP contribution in [0.4, 0.5) is 4.39 Å². The summed E-state index contributed by atoms with van der Waals surface area (Å²) in [5.41, 5.74) is 0.639. The van der Waals surface area contributed by atoms with Crippen molar-refractivity contribution in [2.75, 3.05) is 26.2 Å². The summed E-state index contributed by atoms with van der Waals surface area (Å²) in [5, 5.41) is 0. The fourth-order valence-electron chi connectivity index (χ4n) is 3.50. The molecule has 122 valence electrons. The van der Waals surface area contributed by atoms with E-state index in [0.717, 1.165) is 13.1 Å². The minimum atomic E-state index is -3.31. The zero-order valence-corrected chi connectivity index (χ0v) is 13.6. The molecular weight excluding hydrogens is 303 g/mol. The van der Waals surface area contributed by atoms with Crippen LogP contribution in [-0.4, -0.2) is 49.8 Å².